The summed E-state index contributed by atoms with van der Waals surface area (Å²) in [6, 6.07) is 0.512. The van der Waals surface area contributed by atoms with Crippen molar-refractivity contribution in [2.75, 3.05) is 19.6 Å². The van der Waals surface area contributed by atoms with Gasteiger partial charge in [0.05, 0.1) is 5.54 Å². The summed E-state index contributed by atoms with van der Waals surface area (Å²) in [5, 5.41) is 3.39. The molecule has 1 amide bonds. The highest BCUT2D eigenvalue weighted by Gasteiger charge is 2.44. The van der Waals surface area contributed by atoms with Crippen molar-refractivity contribution in [1.29, 1.82) is 0 Å². The molecule has 2 aliphatic rings. The first-order valence-electron chi connectivity index (χ1n) is 8.57. The lowest BCUT2D eigenvalue weighted by Gasteiger charge is -2.42. The first kappa shape index (κ1) is 16.8. The van der Waals surface area contributed by atoms with E-state index in [1.165, 1.54) is 25.9 Å². The largest absolute Gasteiger partial charge is 0.368 e. The molecular weight excluding hydrogens is 262 g/mol. The molecule has 1 saturated carbocycles. The molecule has 3 unspecified atom stereocenters. The van der Waals surface area contributed by atoms with Crippen LogP contribution in [0.25, 0.3) is 0 Å². The first-order valence-corrected chi connectivity index (χ1v) is 8.57. The third kappa shape index (κ3) is 3.59. The molecule has 4 heteroatoms. The van der Waals surface area contributed by atoms with Crippen LogP contribution in [-0.2, 0) is 4.79 Å². The second-order valence-electron chi connectivity index (χ2n) is 8.07. The molecule has 0 bridgehead atoms. The number of likely N-dealkylation sites (N-methyl/N-ethyl adjacent to an activating group) is 1. The van der Waals surface area contributed by atoms with Gasteiger partial charge in [-0.05, 0) is 56.5 Å². The van der Waals surface area contributed by atoms with Crippen molar-refractivity contribution in [1.82, 2.24) is 10.2 Å². The number of primary amides is 1. The Labute approximate surface area is 129 Å². The minimum absolute atomic E-state index is 0.166. The molecule has 1 aliphatic heterocycles. The number of rotatable bonds is 4. The van der Waals surface area contributed by atoms with Crippen molar-refractivity contribution >= 4 is 5.91 Å². The molecule has 122 valence electrons. The number of carbonyl (C=O) groups is 1. The molecule has 0 aromatic heterocycles. The summed E-state index contributed by atoms with van der Waals surface area (Å²) in [6.45, 7) is 12.2. The summed E-state index contributed by atoms with van der Waals surface area (Å²) in [4.78, 5) is 14.6. The molecule has 0 aromatic rings. The molecule has 0 spiro atoms. The topological polar surface area (TPSA) is 58.4 Å². The maximum atomic E-state index is 12.0. The van der Waals surface area contributed by atoms with Gasteiger partial charge in [-0.25, -0.2) is 0 Å². The summed E-state index contributed by atoms with van der Waals surface area (Å²) in [6.07, 6.45) is 5.36. The molecule has 2 fully saturated rings. The average Bonchev–Trinajstić information content (AvgIpc) is 2.88. The van der Waals surface area contributed by atoms with Gasteiger partial charge in [-0.2, -0.15) is 0 Å². The van der Waals surface area contributed by atoms with Crippen molar-refractivity contribution in [2.45, 2.75) is 71.4 Å². The van der Waals surface area contributed by atoms with Gasteiger partial charge in [-0.1, -0.05) is 27.7 Å². The normalized spacial score (nSPS) is 35.0. The number of likely N-dealkylation sites (tertiary alicyclic amines) is 1. The van der Waals surface area contributed by atoms with E-state index in [-0.39, 0.29) is 5.91 Å². The van der Waals surface area contributed by atoms with E-state index in [2.05, 4.69) is 37.9 Å². The van der Waals surface area contributed by atoms with Crippen LogP contribution >= 0.6 is 0 Å². The van der Waals surface area contributed by atoms with E-state index >= 15 is 0 Å². The Morgan fingerprint density at radius 3 is 2.62 bits per heavy atom. The molecule has 3 N–H and O–H groups in total. The van der Waals surface area contributed by atoms with Crippen LogP contribution in [0.5, 0.6) is 0 Å². The van der Waals surface area contributed by atoms with Crippen molar-refractivity contribution in [2.24, 2.45) is 17.1 Å². The van der Waals surface area contributed by atoms with E-state index < -0.39 is 5.54 Å². The van der Waals surface area contributed by atoms with Gasteiger partial charge in [0.25, 0.3) is 0 Å². The van der Waals surface area contributed by atoms with E-state index in [0.717, 1.165) is 31.7 Å². The zero-order chi connectivity index (χ0) is 15.7. The van der Waals surface area contributed by atoms with Gasteiger partial charge in [0.15, 0.2) is 0 Å². The number of nitrogens with one attached hydrogen (secondary N) is 1. The molecule has 3 atom stereocenters. The fraction of sp³-hybridized carbons (Fsp3) is 0.941. The maximum Gasteiger partial charge on any atom is 0.237 e. The van der Waals surface area contributed by atoms with Crippen LogP contribution in [0.4, 0.5) is 0 Å². The zero-order valence-electron chi connectivity index (χ0n) is 14.2. The molecule has 2 rings (SSSR count). The summed E-state index contributed by atoms with van der Waals surface area (Å²) in [5.41, 5.74) is 5.63. The Kier molecular flexibility index (Phi) is 4.99. The van der Waals surface area contributed by atoms with Crippen LogP contribution in [0.2, 0.25) is 0 Å². The van der Waals surface area contributed by atoms with Gasteiger partial charge in [0, 0.05) is 12.6 Å². The quantitative estimate of drug-likeness (QED) is 0.835. The Hall–Kier alpha value is -0.610. The third-order valence-corrected chi connectivity index (χ3v) is 5.67. The fourth-order valence-corrected chi connectivity index (χ4v) is 4.19. The summed E-state index contributed by atoms with van der Waals surface area (Å²) >= 11 is 0. The van der Waals surface area contributed by atoms with Gasteiger partial charge >= 0.3 is 0 Å². The van der Waals surface area contributed by atoms with Crippen molar-refractivity contribution in [3.63, 3.8) is 0 Å². The third-order valence-electron chi connectivity index (χ3n) is 5.67. The molecular formula is C17H33N3O. The van der Waals surface area contributed by atoms with Crippen LogP contribution < -0.4 is 11.1 Å². The van der Waals surface area contributed by atoms with E-state index in [0.29, 0.717) is 11.5 Å². The standard InChI is InChI=1S/C17H33N3O/c1-5-19-17(15(18)21)9-6-7-14(11-17)20-10-8-13(12-20)16(2,3)4/h13-14,19H,5-12H2,1-4H3,(H2,18,21). The SMILES string of the molecule is CCNC1(C(N)=O)CCCC(N2CCC(C(C)(C)C)C2)C1. The second kappa shape index (κ2) is 6.25. The van der Waals surface area contributed by atoms with Crippen LogP contribution in [-0.4, -0.2) is 42.0 Å². The average molecular weight is 295 g/mol. The van der Waals surface area contributed by atoms with Gasteiger partial charge in [0.2, 0.25) is 5.91 Å². The van der Waals surface area contributed by atoms with Crippen LogP contribution in [0.1, 0.15) is 59.8 Å². The maximum absolute atomic E-state index is 12.0. The lowest BCUT2D eigenvalue weighted by Crippen LogP contribution is -2.60. The highest BCUT2D eigenvalue weighted by Crippen LogP contribution is 2.38. The van der Waals surface area contributed by atoms with Crippen LogP contribution in [0.15, 0.2) is 0 Å². The minimum Gasteiger partial charge on any atom is -0.368 e. The number of nitrogens with zero attached hydrogens (tertiary/aromatic N) is 1. The smallest absolute Gasteiger partial charge is 0.237 e. The van der Waals surface area contributed by atoms with E-state index in [1.807, 2.05) is 0 Å². The zero-order valence-corrected chi connectivity index (χ0v) is 14.2. The molecule has 1 aliphatic carbocycles. The number of amides is 1. The van der Waals surface area contributed by atoms with Crippen molar-refractivity contribution < 1.29 is 4.79 Å². The Bertz CT molecular complexity index is 373. The van der Waals surface area contributed by atoms with Gasteiger partial charge in [-0.15, -0.1) is 0 Å². The monoisotopic (exact) mass is 295 g/mol. The summed E-state index contributed by atoms with van der Waals surface area (Å²) in [7, 11) is 0. The van der Waals surface area contributed by atoms with Crippen LogP contribution in [0.3, 0.4) is 0 Å². The van der Waals surface area contributed by atoms with E-state index in [9.17, 15) is 4.79 Å². The number of carbonyl (C=O) groups excluding carboxylic acids is 1. The van der Waals surface area contributed by atoms with Crippen molar-refractivity contribution in [3.8, 4) is 0 Å². The lowest BCUT2D eigenvalue weighted by molar-refractivity contribution is -0.126. The lowest BCUT2D eigenvalue weighted by atomic mass is 9.77. The highest BCUT2D eigenvalue weighted by atomic mass is 16.1. The highest BCUT2D eigenvalue weighted by molar-refractivity contribution is 5.84. The number of hydrogen-bond donors (Lipinski definition) is 2. The van der Waals surface area contributed by atoms with Gasteiger partial charge in [-0.3, -0.25) is 9.69 Å². The number of hydrogen-bond acceptors (Lipinski definition) is 3. The molecule has 0 aromatic carbocycles. The van der Waals surface area contributed by atoms with E-state index in [1.54, 1.807) is 0 Å². The van der Waals surface area contributed by atoms with E-state index in [4.69, 9.17) is 5.73 Å². The molecule has 1 saturated heterocycles. The van der Waals surface area contributed by atoms with Gasteiger partial charge < -0.3 is 11.1 Å². The van der Waals surface area contributed by atoms with Crippen molar-refractivity contribution in [3.05, 3.63) is 0 Å². The Morgan fingerprint density at radius 2 is 2.10 bits per heavy atom. The molecule has 21 heavy (non-hydrogen) atoms. The summed E-state index contributed by atoms with van der Waals surface area (Å²) < 4.78 is 0. The minimum atomic E-state index is -0.475. The molecule has 0 radical (unpaired) electrons. The molecule has 4 nitrogen and oxygen atoms in total. The molecule has 1 heterocycles. The Morgan fingerprint density at radius 1 is 1.38 bits per heavy atom. The predicted molar refractivity (Wildman–Crippen MR) is 87.0 cm³/mol. The first-order chi connectivity index (χ1) is 9.78. The number of nitrogens with two attached hydrogens (primary N) is 1. The Balaban J connectivity index is 2.03. The summed E-state index contributed by atoms with van der Waals surface area (Å²) in [5.74, 6) is 0.599. The van der Waals surface area contributed by atoms with Gasteiger partial charge in [0.1, 0.15) is 0 Å². The van der Waals surface area contributed by atoms with Crippen LogP contribution in [0, 0.1) is 11.3 Å². The fourth-order valence-electron chi connectivity index (χ4n) is 4.19. The second-order valence-corrected chi connectivity index (χ2v) is 8.07. The predicted octanol–water partition coefficient (Wildman–Crippen LogP) is 2.13.